The van der Waals surface area contributed by atoms with Crippen LogP contribution in [0.3, 0.4) is 0 Å². The summed E-state index contributed by atoms with van der Waals surface area (Å²) in [7, 11) is 0. The Hall–Kier alpha value is -1.36. The maximum absolute atomic E-state index is 4.58. The van der Waals surface area contributed by atoms with Crippen LogP contribution in [0.4, 0.5) is 11.6 Å². The summed E-state index contributed by atoms with van der Waals surface area (Å²) in [5.41, 5.74) is 0. The first-order valence-electron chi connectivity index (χ1n) is 6.96. The van der Waals surface area contributed by atoms with E-state index in [0.717, 1.165) is 50.9 Å². The SMILES string of the molecule is c1nc(N2CCNCC2)cnc1N1CCCCC1. The van der Waals surface area contributed by atoms with Gasteiger partial charge in [-0.1, -0.05) is 0 Å². The van der Waals surface area contributed by atoms with Gasteiger partial charge in [0, 0.05) is 39.3 Å². The molecule has 1 N–H and O–H groups in total. The third-order valence-corrected chi connectivity index (χ3v) is 3.75. The Labute approximate surface area is 108 Å². The van der Waals surface area contributed by atoms with Crippen molar-refractivity contribution in [2.24, 2.45) is 0 Å². The molecule has 2 aliphatic heterocycles. The van der Waals surface area contributed by atoms with Crippen molar-refractivity contribution in [2.75, 3.05) is 49.1 Å². The first-order chi connectivity index (χ1) is 8.93. The Morgan fingerprint density at radius 1 is 0.778 bits per heavy atom. The molecular weight excluding hydrogens is 226 g/mol. The van der Waals surface area contributed by atoms with E-state index in [2.05, 4.69) is 25.1 Å². The summed E-state index contributed by atoms with van der Waals surface area (Å²) >= 11 is 0. The van der Waals surface area contributed by atoms with Gasteiger partial charge in [0.15, 0.2) is 0 Å². The summed E-state index contributed by atoms with van der Waals surface area (Å²) in [6.45, 7) is 6.38. The molecule has 0 amide bonds. The average molecular weight is 247 g/mol. The predicted octanol–water partition coefficient (Wildman–Crippen LogP) is 0.876. The molecule has 1 aromatic rings. The Kier molecular flexibility index (Phi) is 3.59. The number of anilines is 2. The van der Waals surface area contributed by atoms with Crippen LogP contribution < -0.4 is 15.1 Å². The molecule has 0 aromatic carbocycles. The molecule has 3 rings (SSSR count). The molecule has 0 saturated carbocycles. The standard InChI is InChI=1S/C13H21N5/c1-2-6-17(7-3-1)12-10-16-13(11-15-12)18-8-4-14-5-9-18/h10-11,14H,1-9H2. The van der Waals surface area contributed by atoms with Crippen LogP contribution in [0.5, 0.6) is 0 Å². The third-order valence-electron chi connectivity index (χ3n) is 3.75. The van der Waals surface area contributed by atoms with Crippen LogP contribution in [-0.4, -0.2) is 49.2 Å². The monoisotopic (exact) mass is 247 g/mol. The smallest absolute Gasteiger partial charge is 0.147 e. The highest BCUT2D eigenvalue weighted by Gasteiger charge is 2.15. The van der Waals surface area contributed by atoms with Gasteiger partial charge in [0.25, 0.3) is 0 Å². The van der Waals surface area contributed by atoms with Crippen LogP contribution in [-0.2, 0) is 0 Å². The van der Waals surface area contributed by atoms with E-state index >= 15 is 0 Å². The zero-order valence-electron chi connectivity index (χ0n) is 10.8. The van der Waals surface area contributed by atoms with Crippen LogP contribution in [0, 0.1) is 0 Å². The van der Waals surface area contributed by atoms with Crippen molar-refractivity contribution in [3.05, 3.63) is 12.4 Å². The van der Waals surface area contributed by atoms with E-state index in [1.165, 1.54) is 19.3 Å². The van der Waals surface area contributed by atoms with Crippen LogP contribution in [0.15, 0.2) is 12.4 Å². The molecule has 3 heterocycles. The minimum Gasteiger partial charge on any atom is -0.355 e. The predicted molar refractivity (Wildman–Crippen MR) is 73.2 cm³/mol. The first kappa shape index (κ1) is 11.7. The number of nitrogens with one attached hydrogen (secondary N) is 1. The van der Waals surface area contributed by atoms with Crippen LogP contribution in [0.2, 0.25) is 0 Å². The molecule has 0 radical (unpaired) electrons. The minimum absolute atomic E-state index is 1.01. The van der Waals surface area contributed by atoms with Crippen molar-refractivity contribution in [1.82, 2.24) is 15.3 Å². The number of hydrogen-bond donors (Lipinski definition) is 1. The van der Waals surface area contributed by atoms with Crippen LogP contribution in [0.1, 0.15) is 19.3 Å². The van der Waals surface area contributed by atoms with Gasteiger partial charge in [0.2, 0.25) is 0 Å². The summed E-state index contributed by atoms with van der Waals surface area (Å²) in [6, 6.07) is 0. The maximum atomic E-state index is 4.58. The van der Waals surface area contributed by atoms with Crippen molar-refractivity contribution >= 4 is 11.6 Å². The quantitative estimate of drug-likeness (QED) is 0.840. The Balaban J connectivity index is 1.67. The van der Waals surface area contributed by atoms with Gasteiger partial charge in [-0.25, -0.2) is 9.97 Å². The first-order valence-corrected chi connectivity index (χ1v) is 6.96. The Bertz CT molecular complexity index is 328. The fraction of sp³-hybridized carbons (Fsp3) is 0.692. The number of rotatable bonds is 2. The second-order valence-corrected chi connectivity index (χ2v) is 5.02. The van der Waals surface area contributed by atoms with Crippen molar-refractivity contribution in [3.63, 3.8) is 0 Å². The normalized spacial score (nSPS) is 21.1. The highest BCUT2D eigenvalue weighted by molar-refractivity contribution is 5.43. The van der Waals surface area contributed by atoms with Crippen molar-refractivity contribution in [2.45, 2.75) is 19.3 Å². The summed E-state index contributed by atoms with van der Waals surface area (Å²) in [5, 5.41) is 3.35. The molecule has 0 atom stereocenters. The number of nitrogens with zero attached hydrogens (tertiary/aromatic N) is 4. The summed E-state index contributed by atoms with van der Waals surface area (Å²) < 4.78 is 0. The molecule has 0 spiro atoms. The fourth-order valence-corrected chi connectivity index (χ4v) is 2.66. The average Bonchev–Trinajstić information content (AvgIpc) is 2.49. The molecule has 0 bridgehead atoms. The number of piperidine rings is 1. The Morgan fingerprint density at radius 2 is 1.33 bits per heavy atom. The molecular formula is C13H21N5. The zero-order chi connectivity index (χ0) is 12.2. The van der Waals surface area contributed by atoms with Gasteiger partial charge in [0.1, 0.15) is 11.6 Å². The van der Waals surface area contributed by atoms with Gasteiger partial charge in [-0.05, 0) is 19.3 Å². The number of aromatic nitrogens is 2. The lowest BCUT2D eigenvalue weighted by Crippen LogP contribution is -2.44. The molecule has 5 nitrogen and oxygen atoms in total. The summed E-state index contributed by atoms with van der Waals surface area (Å²) in [5.74, 6) is 2.05. The molecule has 5 heteroatoms. The van der Waals surface area contributed by atoms with E-state index in [1.54, 1.807) is 0 Å². The van der Waals surface area contributed by atoms with Gasteiger partial charge in [-0.3, -0.25) is 0 Å². The lowest BCUT2D eigenvalue weighted by atomic mass is 10.1. The molecule has 98 valence electrons. The van der Waals surface area contributed by atoms with E-state index in [9.17, 15) is 0 Å². The third kappa shape index (κ3) is 2.56. The fourth-order valence-electron chi connectivity index (χ4n) is 2.66. The molecule has 18 heavy (non-hydrogen) atoms. The number of hydrogen-bond acceptors (Lipinski definition) is 5. The van der Waals surface area contributed by atoms with Gasteiger partial charge in [-0.2, -0.15) is 0 Å². The summed E-state index contributed by atoms with van der Waals surface area (Å²) in [6.07, 6.45) is 7.77. The van der Waals surface area contributed by atoms with E-state index < -0.39 is 0 Å². The van der Waals surface area contributed by atoms with E-state index in [-0.39, 0.29) is 0 Å². The molecule has 1 aromatic heterocycles. The van der Waals surface area contributed by atoms with Gasteiger partial charge in [-0.15, -0.1) is 0 Å². The van der Waals surface area contributed by atoms with E-state index in [1.807, 2.05) is 12.4 Å². The van der Waals surface area contributed by atoms with E-state index in [4.69, 9.17) is 0 Å². The largest absolute Gasteiger partial charge is 0.355 e. The van der Waals surface area contributed by atoms with Gasteiger partial charge >= 0.3 is 0 Å². The molecule has 2 saturated heterocycles. The second-order valence-electron chi connectivity index (χ2n) is 5.02. The molecule has 0 unspecified atom stereocenters. The van der Waals surface area contributed by atoms with Gasteiger partial charge < -0.3 is 15.1 Å². The lowest BCUT2D eigenvalue weighted by Gasteiger charge is -2.30. The minimum atomic E-state index is 1.01. The molecule has 2 fully saturated rings. The lowest BCUT2D eigenvalue weighted by molar-refractivity contribution is 0.570. The topological polar surface area (TPSA) is 44.3 Å². The Morgan fingerprint density at radius 3 is 1.89 bits per heavy atom. The second kappa shape index (κ2) is 5.52. The van der Waals surface area contributed by atoms with Crippen molar-refractivity contribution in [3.8, 4) is 0 Å². The van der Waals surface area contributed by atoms with Gasteiger partial charge in [0.05, 0.1) is 12.4 Å². The molecule has 0 aliphatic carbocycles. The van der Waals surface area contributed by atoms with Crippen molar-refractivity contribution < 1.29 is 0 Å². The zero-order valence-corrected chi connectivity index (χ0v) is 10.8. The van der Waals surface area contributed by atoms with Crippen molar-refractivity contribution in [1.29, 1.82) is 0 Å². The van der Waals surface area contributed by atoms with E-state index in [0.29, 0.717) is 0 Å². The number of piperazine rings is 1. The highest BCUT2D eigenvalue weighted by Crippen LogP contribution is 2.18. The van der Waals surface area contributed by atoms with Crippen LogP contribution in [0.25, 0.3) is 0 Å². The maximum Gasteiger partial charge on any atom is 0.147 e. The highest BCUT2D eigenvalue weighted by atomic mass is 15.3. The summed E-state index contributed by atoms with van der Waals surface area (Å²) in [4.78, 5) is 13.8. The molecule has 2 aliphatic rings. The van der Waals surface area contributed by atoms with Crippen LogP contribution >= 0.6 is 0 Å².